The van der Waals surface area contributed by atoms with Crippen LogP contribution in [0.2, 0.25) is 0 Å². The van der Waals surface area contributed by atoms with Gasteiger partial charge in [0.1, 0.15) is 0 Å². The average Bonchev–Trinajstić information content (AvgIpc) is 3.81. The molecule has 0 unspecified atom stereocenters. The Bertz CT molecular complexity index is 1710. The fourth-order valence-electron chi connectivity index (χ4n) is 5.45. The van der Waals surface area contributed by atoms with E-state index < -0.39 is 0 Å². The minimum absolute atomic E-state index is 0.0209. The second-order valence-electron chi connectivity index (χ2n) is 11.2. The molecule has 0 spiro atoms. The molecular formula is C36H35N3O3. The molecule has 1 saturated carbocycles. The van der Waals surface area contributed by atoms with Crippen LogP contribution in [-0.2, 0) is 16.1 Å². The molecule has 6 nitrogen and oxygen atoms in total. The van der Waals surface area contributed by atoms with E-state index in [1.54, 1.807) is 0 Å². The van der Waals surface area contributed by atoms with Gasteiger partial charge in [-0.3, -0.25) is 9.48 Å². The van der Waals surface area contributed by atoms with E-state index in [9.17, 15) is 4.79 Å². The fourth-order valence-corrected chi connectivity index (χ4v) is 5.45. The predicted molar refractivity (Wildman–Crippen MR) is 164 cm³/mol. The molecule has 0 radical (unpaired) electrons. The highest BCUT2D eigenvalue weighted by atomic mass is 16.2. The van der Waals surface area contributed by atoms with Crippen molar-refractivity contribution < 1.29 is 14.4 Å². The van der Waals surface area contributed by atoms with Gasteiger partial charge in [-0.1, -0.05) is 92.7 Å². The van der Waals surface area contributed by atoms with Gasteiger partial charge in [0.15, 0.2) is 0 Å². The second-order valence-corrected chi connectivity index (χ2v) is 11.2. The number of hydrogen-bond acceptors (Lipinski definition) is 4. The molecule has 6 heteroatoms. The highest BCUT2D eigenvalue weighted by Crippen LogP contribution is 2.41. The standard InChI is InChI=1S/C35H35N3O.CO2/c1-23(2)29-10-7-11-30(20-29)34(28-16-17-28)36-35(39)31-18-19-33-32(21-31)24(3)37-38(33)22-25-12-14-27(15-13-25)26-8-5-4-6-9-26;2-1-3/h4-15,18-21,23,28,34H,16-17,22H2,1-3H3,(H,36,39);/t34-;/m0./s1. The Morgan fingerprint density at radius 3 is 2.21 bits per heavy atom. The molecule has 6 rings (SSSR count). The van der Waals surface area contributed by atoms with Gasteiger partial charge in [-0.25, -0.2) is 0 Å². The van der Waals surface area contributed by atoms with Crippen molar-refractivity contribution in [1.82, 2.24) is 15.1 Å². The van der Waals surface area contributed by atoms with Gasteiger partial charge < -0.3 is 5.32 Å². The molecule has 1 fully saturated rings. The molecule has 1 amide bonds. The lowest BCUT2D eigenvalue weighted by atomic mass is 9.95. The fraction of sp³-hybridized carbons (Fsp3) is 0.250. The zero-order valence-electron chi connectivity index (χ0n) is 24.2. The van der Waals surface area contributed by atoms with Gasteiger partial charge in [-0.15, -0.1) is 0 Å². The number of aryl methyl sites for hydroxylation is 1. The zero-order valence-corrected chi connectivity index (χ0v) is 24.2. The molecule has 4 aromatic carbocycles. The van der Waals surface area contributed by atoms with E-state index in [2.05, 4.69) is 92.0 Å². The summed E-state index contributed by atoms with van der Waals surface area (Å²) in [6.07, 6.45) is 2.57. The summed E-state index contributed by atoms with van der Waals surface area (Å²) in [7, 11) is 0. The van der Waals surface area contributed by atoms with Gasteiger partial charge >= 0.3 is 6.15 Å². The summed E-state index contributed by atoms with van der Waals surface area (Å²) in [6, 6.07) is 33.8. The smallest absolute Gasteiger partial charge is 0.345 e. The minimum Gasteiger partial charge on any atom is -0.345 e. The van der Waals surface area contributed by atoms with Crippen molar-refractivity contribution in [3.63, 3.8) is 0 Å². The number of nitrogens with one attached hydrogen (secondary N) is 1. The first-order chi connectivity index (χ1) is 20.4. The molecule has 0 saturated heterocycles. The number of nitrogens with zero attached hydrogens (tertiary/aromatic N) is 2. The van der Waals surface area contributed by atoms with Crippen molar-refractivity contribution in [2.75, 3.05) is 0 Å². The number of benzene rings is 4. The van der Waals surface area contributed by atoms with Crippen molar-refractivity contribution in [1.29, 1.82) is 0 Å². The highest BCUT2D eigenvalue weighted by Gasteiger charge is 2.34. The van der Waals surface area contributed by atoms with Crippen LogP contribution in [-0.4, -0.2) is 21.8 Å². The first-order valence-corrected chi connectivity index (χ1v) is 14.4. The molecule has 1 aliphatic rings. The SMILES string of the molecule is Cc1nn(Cc2ccc(-c3ccccc3)cc2)c2ccc(C(=O)N[C@H](c3cccc(C(C)C)c3)C3CC3)cc12.O=C=O. The molecule has 1 N–H and O–H groups in total. The molecule has 0 aliphatic heterocycles. The lowest BCUT2D eigenvalue weighted by Gasteiger charge is -2.20. The maximum absolute atomic E-state index is 13.4. The van der Waals surface area contributed by atoms with Crippen molar-refractivity contribution in [3.8, 4) is 11.1 Å². The Morgan fingerprint density at radius 1 is 0.881 bits per heavy atom. The summed E-state index contributed by atoms with van der Waals surface area (Å²) >= 11 is 0. The third kappa shape index (κ3) is 6.56. The molecule has 1 aromatic heterocycles. The molecule has 1 aliphatic carbocycles. The van der Waals surface area contributed by atoms with E-state index in [0.717, 1.165) is 29.4 Å². The monoisotopic (exact) mass is 557 g/mol. The quantitative estimate of drug-likeness (QED) is 0.214. The Hall–Kier alpha value is -4.80. The number of aromatic nitrogens is 2. The molecule has 1 heterocycles. The third-order valence-electron chi connectivity index (χ3n) is 7.91. The van der Waals surface area contributed by atoms with Crippen LogP contribution in [0.5, 0.6) is 0 Å². The van der Waals surface area contributed by atoms with Crippen molar-refractivity contribution in [2.24, 2.45) is 5.92 Å². The van der Waals surface area contributed by atoms with Crippen LogP contribution in [0.3, 0.4) is 0 Å². The Kier molecular flexibility index (Phi) is 8.75. The van der Waals surface area contributed by atoms with Crippen LogP contribution >= 0.6 is 0 Å². The van der Waals surface area contributed by atoms with Gasteiger partial charge in [-0.2, -0.15) is 14.7 Å². The normalized spacial score (nSPS) is 13.2. The van der Waals surface area contributed by atoms with Crippen LogP contribution in [0.1, 0.15) is 71.4 Å². The van der Waals surface area contributed by atoms with E-state index in [4.69, 9.17) is 14.7 Å². The molecule has 5 aromatic rings. The lowest BCUT2D eigenvalue weighted by Crippen LogP contribution is -2.30. The first kappa shape index (κ1) is 28.7. The summed E-state index contributed by atoms with van der Waals surface area (Å²) < 4.78 is 2.04. The number of fused-ring (bicyclic) bond motifs is 1. The highest BCUT2D eigenvalue weighted by molar-refractivity contribution is 5.98. The van der Waals surface area contributed by atoms with Crippen LogP contribution in [0.25, 0.3) is 22.0 Å². The average molecular weight is 558 g/mol. The molecule has 1 atom stereocenters. The van der Waals surface area contributed by atoms with Gasteiger partial charge in [0.25, 0.3) is 5.91 Å². The van der Waals surface area contributed by atoms with Crippen LogP contribution < -0.4 is 5.32 Å². The maximum Gasteiger partial charge on any atom is 0.373 e. The number of carbonyl (C=O) groups excluding carboxylic acids is 3. The maximum atomic E-state index is 13.4. The summed E-state index contributed by atoms with van der Waals surface area (Å²) in [5, 5.41) is 9.21. The molecule has 42 heavy (non-hydrogen) atoms. The Balaban J connectivity index is 0.00000113. The first-order valence-electron chi connectivity index (χ1n) is 14.4. The minimum atomic E-state index is -0.0209. The van der Waals surface area contributed by atoms with E-state index in [-0.39, 0.29) is 18.1 Å². The number of hydrogen-bond donors (Lipinski definition) is 1. The lowest BCUT2D eigenvalue weighted by molar-refractivity contribution is -0.191. The van der Waals surface area contributed by atoms with E-state index >= 15 is 0 Å². The van der Waals surface area contributed by atoms with Gasteiger partial charge in [-0.05, 0) is 77.6 Å². The molecule has 0 bridgehead atoms. The molecule has 212 valence electrons. The predicted octanol–water partition coefficient (Wildman–Crippen LogP) is 7.48. The van der Waals surface area contributed by atoms with Crippen molar-refractivity contribution in [2.45, 2.75) is 52.1 Å². The van der Waals surface area contributed by atoms with Gasteiger partial charge in [0.05, 0.1) is 23.8 Å². The van der Waals surface area contributed by atoms with Crippen LogP contribution in [0.4, 0.5) is 0 Å². The van der Waals surface area contributed by atoms with Crippen molar-refractivity contribution in [3.05, 3.63) is 125 Å². The Morgan fingerprint density at radius 2 is 1.55 bits per heavy atom. The number of rotatable bonds is 8. The van der Waals surface area contributed by atoms with E-state index in [0.29, 0.717) is 23.9 Å². The van der Waals surface area contributed by atoms with Crippen LogP contribution in [0.15, 0.2) is 97.1 Å². The number of amides is 1. The summed E-state index contributed by atoms with van der Waals surface area (Å²) in [5.74, 6) is 0.953. The largest absolute Gasteiger partial charge is 0.373 e. The van der Waals surface area contributed by atoms with Gasteiger partial charge in [0, 0.05) is 10.9 Å². The van der Waals surface area contributed by atoms with E-state index in [1.165, 1.54) is 27.8 Å². The second kappa shape index (κ2) is 12.8. The topological polar surface area (TPSA) is 81.1 Å². The summed E-state index contributed by atoms with van der Waals surface area (Å²) in [5.41, 5.74) is 8.79. The Labute approximate surface area is 246 Å². The van der Waals surface area contributed by atoms with Crippen molar-refractivity contribution >= 4 is 23.0 Å². The summed E-state index contributed by atoms with van der Waals surface area (Å²) in [6.45, 7) is 7.12. The zero-order chi connectivity index (χ0) is 29.6. The number of carbonyl (C=O) groups is 1. The van der Waals surface area contributed by atoms with E-state index in [1.807, 2.05) is 35.9 Å². The van der Waals surface area contributed by atoms with Crippen LogP contribution in [0, 0.1) is 12.8 Å². The third-order valence-corrected chi connectivity index (χ3v) is 7.91. The molecular weight excluding hydrogens is 522 g/mol. The summed E-state index contributed by atoms with van der Waals surface area (Å²) in [4.78, 5) is 29.7. The van der Waals surface area contributed by atoms with Gasteiger partial charge in [0.2, 0.25) is 0 Å².